The van der Waals surface area contributed by atoms with Crippen molar-refractivity contribution in [3.63, 3.8) is 0 Å². The van der Waals surface area contributed by atoms with Crippen LogP contribution >= 0.6 is 0 Å². The van der Waals surface area contributed by atoms with Crippen LogP contribution in [0, 0.1) is 14.1 Å². The molecule has 23 heavy (non-hydrogen) atoms. The van der Waals surface area contributed by atoms with Crippen molar-refractivity contribution in [1.82, 2.24) is 0 Å². The first kappa shape index (κ1) is 18.5. The Balaban J connectivity index is 2.62. The summed E-state index contributed by atoms with van der Waals surface area (Å²) in [5, 5.41) is 0. The van der Waals surface area contributed by atoms with Crippen LogP contribution in [0.4, 0.5) is 0 Å². The molecule has 0 radical (unpaired) electrons. The van der Waals surface area contributed by atoms with Crippen molar-refractivity contribution in [3.8, 4) is 0 Å². The van der Waals surface area contributed by atoms with Gasteiger partial charge >= 0.3 is 21.2 Å². The number of aryl methyl sites for hydroxylation is 1. The van der Waals surface area contributed by atoms with E-state index in [1.807, 2.05) is 0 Å². The van der Waals surface area contributed by atoms with Gasteiger partial charge in [0.05, 0.1) is 0 Å². The standard InChI is InChI=1S/C22H30I/c1-14(2)18-12-19(15(3)4)22(20(13-18)16(5)6)23-21-11-9-8-10-17(21)7/h8-16H,1-7H3/q+1. The smallest absolute Gasteiger partial charge is 0.0617 e. The lowest BCUT2D eigenvalue weighted by atomic mass is 9.90. The summed E-state index contributed by atoms with van der Waals surface area (Å²) in [5.74, 6) is 1.77. The Kier molecular flexibility index (Phi) is 6.30. The molecule has 0 aromatic heterocycles. The minimum absolute atomic E-state index is 0.136. The summed E-state index contributed by atoms with van der Waals surface area (Å²) in [6.45, 7) is 16.2. The van der Waals surface area contributed by atoms with E-state index in [1.54, 1.807) is 18.3 Å². The molecule has 0 atom stereocenters. The van der Waals surface area contributed by atoms with Crippen LogP contribution in [0.25, 0.3) is 0 Å². The predicted octanol–water partition coefficient (Wildman–Crippen LogP) is 3.49. The average molecular weight is 421 g/mol. The van der Waals surface area contributed by atoms with Gasteiger partial charge < -0.3 is 0 Å². The van der Waals surface area contributed by atoms with Gasteiger partial charge in [0, 0.05) is 16.7 Å². The van der Waals surface area contributed by atoms with Crippen LogP contribution < -0.4 is 21.2 Å². The lowest BCUT2D eigenvalue weighted by Crippen LogP contribution is -3.62. The Labute approximate surface area is 153 Å². The van der Waals surface area contributed by atoms with Crippen LogP contribution in [0.5, 0.6) is 0 Å². The van der Waals surface area contributed by atoms with Crippen molar-refractivity contribution in [3.05, 3.63) is 65.8 Å². The fraction of sp³-hybridized carbons (Fsp3) is 0.455. The SMILES string of the molecule is Cc1ccccc1[I+]c1c(C(C)C)cc(C(C)C)cc1C(C)C. The maximum Gasteiger partial charge on any atom is 0.358 e. The molecule has 0 saturated carbocycles. The lowest BCUT2D eigenvalue weighted by Gasteiger charge is -2.17. The van der Waals surface area contributed by atoms with Crippen molar-refractivity contribution < 1.29 is 21.2 Å². The molecule has 0 fully saturated rings. The Hall–Kier alpha value is -0.830. The van der Waals surface area contributed by atoms with Gasteiger partial charge in [-0.3, -0.25) is 0 Å². The van der Waals surface area contributed by atoms with Gasteiger partial charge in [-0.15, -0.1) is 0 Å². The molecule has 2 aromatic rings. The van der Waals surface area contributed by atoms with Crippen molar-refractivity contribution in [2.24, 2.45) is 0 Å². The maximum atomic E-state index is 2.48. The van der Waals surface area contributed by atoms with E-state index in [0.717, 1.165) is 0 Å². The normalized spacial score (nSPS) is 11.7. The van der Waals surface area contributed by atoms with E-state index >= 15 is 0 Å². The predicted molar refractivity (Wildman–Crippen MR) is 97.3 cm³/mol. The molecule has 0 aliphatic carbocycles. The third-order valence-corrected chi connectivity index (χ3v) is 7.91. The first-order valence-electron chi connectivity index (χ1n) is 8.69. The van der Waals surface area contributed by atoms with Gasteiger partial charge in [-0.25, -0.2) is 0 Å². The van der Waals surface area contributed by atoms with Crippen molar-refractivity contribution in [2.45, 2.75) is 66.2 Å². The van der Waals surface area contributed by atoms with E-state index in [2.05, 4.69) is 84.9 Å². The summed E-state index contributed by atoms with van der Waals surface area (Å²) < 4.78 is 3.22. The van der Waals surface area contributed by atoms with Gasteiger partial charge in [0.15, 0.2) is 3.57 Å². The minimum atomic E-state index is -0.136. The van der Waals surface area contributed by atoms with Gasteiger partial charge in [-0.1, -0.05) is 71.9 Å². The second-order valence-electron chi connectivity index (χ2n) is 7.32. The van der Waals surface area contributed by atoms with E-state index in [1.165, 1.54) is 11.1 Å². The Bertz CT molecular complexity index is 636. The molecule has 0 unspecified atom stereocenters. The zero-order valence-corrected chi connectivity index (χ0v) is 17.7. The summed E-state index contributed by atoms with van der Waals surface area (Å²) in [4.78, 5) is 0. The molecule has 0 aliphatic rings. The lowest BCUT2D eigenvalue weighted by molar-refractivity contribution is -0.599. The van der Waals surface area contributed by atoms with E-state index < -0.39 is 0 Å². The average Bonchev–Trinajstić information content (AvgIpc) is 2.48. The Morgan fingerprint density at radius 2 is 1.26 bits per heavy atom. The Morgan fingerprint density at radius 1 is 0.739 bits per heavy atom. The van der Waals surface area contributed by atoms with Crippen molar-refractivity contribution in [2.75, 3.05) is 0 Å². The number of halogens is 1. The first-order chi connectivity index (χ1) is 10.8. The third-order valence-electron chi connectivity index (χ3n) is 4.33. The molecule has 0 bridgehead atoms. The fourth-order valence-corrected chi connectivity index (χ4v) is 6.49. The molecule has 124 valence electrons. The number of hydrogen-bond acceptors (Lipinski definition) is 0. The molecule has 0 amide bonds. The molecule has 0 N–H and O–H groups in total. The summed E-state index contributed by atoms with van der Waals surface area (Å²) in [7, 11) is 0. The van der Waals surface area contributed by atoms with Gasteiger partial charge in [0.25, 0.3) is 0 Å². The second kappa shape index (κ2) is 7.83. The minimum Gasteiger partial charge on any atom is -0.0617 e. The molecule has 1 heteroatoms. The highest BCUT2D eigenvalue weighted by Crippen LogP contribution is 2.27. The van der Waals surface area contributed by atoms with E-state index in [0.29, 0.717) is 17.8 Å². The number of benzene rings is 2. The highest BCUT2D eigenvalue weighted by Gasteiger charge is 2.29. The van der Waals surface area contributed by atoms with Gasteiger partial charge in [0.2, 0.25) is 3.57 Å². The topological polar surface area (TPSA) is 0 Å². The van der Waals surface area contributed by atoms with Crippen LogP contribution in [0.3, 0.4) is 0 Å². The molecule has 0 spiro atoms. The van der Waals surface area contributed by atoms with Crippen LogP contribution in [-0.4, -0.2) is 0 Å². The maximum absolute atomic E-state index is 2.48. The monoisotopic (exact) mass is 421 g/mol. The highest BCUT2D eigenvalue weighted by atomic mass is 127. The molecule has 2 rings (SSSR count). The van der Waals surface area contributed by atoms with Gasteiger partial charge in [-0.2, -0.15) is 0 Å². The summed E-state index contributed by atoms with van der Waals surface area (Å²) in [5.41, 5.74) is 6.10. The summed E-state index contributed by atoms with van der Waals surface area (Å²) >= 11 is -0.136. The quantitative estimate of drug-likeness (QED) is 0.649. The molecule has 2 aromatic carbocycles. The Morgan fingerprint density at radius 3 is 1.70 bits per heavy atom. The molecule has 0 nitrogen and oxygen atoms in total. The summed E-state index contributed by atoms with van der Waals surface area (Å²) in [6, 6.07) is 13.9. The molecule has 0 heterocycles. The van der Waals surface area contributed by atoms with Crippen LogP contribution in [0.1, 0.15) is 81.5 Å². The van der Waals surface area contributed by atoms with Crippen molar-refractivity contribution in [1.29, 1.82) is 0 Å². The van der Waals surface area contributed by atoms with Crippen LogP contribution in [-0.2, 0) is 0 Å². The molecule has 0 saturated heterocycles. The number of rotatable bonds is 5. The van der Waals surface area contributed by atoms with Crippen LogP contribution in [0.2, 0.25) is 0 Å². The first-order valence-corrected chi connectivity index (χ1v) is 10.8. The molecular formula is C22H30I+. The van der Waals surface area contributed by atoms with Crippen molar-refractivity contribution >= 4 is 0 Å². The molecule has 0 aliphatic heterocycles. The summed E-state index contributed by atoms with van der Waals surface area (Å²) in [6.07, 6.45) is 0. The van der Waals surface area contributed by atoms with E-state index in [4.69, 9.17) is 0 Å². The van der Waals surface area contributed by atoms with E-state index in [-0.39, 0.29) is 21.2 Å². The zero-order chi connectivity index (χ0) is 17.1. The second-order valence-corrected chi connectivity index (χ2v) is 10.1. The van der Waals surface area contributed by atoms with Crippen LogP contribution in [0.15, 0.2) is 36.4 Å². The van der Waals surface area contributed by atoms with Gasteiger partial charge in [-0.05, 0) is 36.3 Å². The van der Waals surface area contributed by atoms with E-state index in [9.17, 15) is 0 Å². The third kappa shape index (κ3) is 4.37. The van der Waals surface area contributed by atoms with Gasteiger partial charge in [0.1, 0.15) is 0 Å². The highest BCUT2D eigenvalue weighted by molar-refractivity contribution is 5.35. The number of hydrogen-bond donors (Lipinski definition) is 0. The largest absolute Gasteiger partial charge is 0.358 e. The zero-order valence-electron chi connectivity index (χ0n) is 15.6. The fourth-order valence-electron chi connectivity index (χ4n) is 2.74. The molecular weight excluding hydrogens is 391 g/mol.